The average Bonchev–Trinajstić information content (AvgIpc) is 3.08. The maximum absolute atomic E-state index is 13.7. The van der Waals surface area contributed by atoms with Gasteiger partial charge in [0.2, 0.25) is 0 Å². The Labute approximate surface area is 151 Å². The standard InChI is InChI=1S/C20H20ClF3N/c21-18-8-6-16(7-9-18)19(20(22,23)24)17-3-1-2-14(12-17)4-5-15-10-11-25-13-15/h1-2,6-9,12,15,19,25H,4-5,10-11,13H2. The minimum absolute atomic E-state index is 0.164. The van der Waals surface area contributed by atoms with Gasteiger partial charge in [-0.25, -0.2) is 0 Å². The van der Waals surface area contributed by atoms with E-state index in [-0.39, 0.29) is 11.1 Å². The van der Waals surface area contributed by atoms with Crippen LogP contribution < -0.4 is 5.32 Å². The molecule has 0 aromatic heterocycles. The molecule has 0 amide bonds. The van der Waals surface area contributed by atoms with E-state index < -0.39 is 12.1 Å². The first-order chi connectivity index (χ1) is 11.9. The maximum Gasteiger partial charge on any atom is 0.399 e. The summed E-state index contributed by atoms with van der Waals surface area (Å²) in [5.41, 5.74) is 1.28. The molecule has 1 aliphatic heterocycles. The molecule has 25 heavy (non-hydrogen) atoms. The number of hydrogen-bond donors (Lipinski definition) is 1. The molecule has 1 aliphatic rings. The smallest absolute Gasteiger partial charge is 0.316 e. The average molecular weight is 367 g/mol. The molecule has 2 aromatic rings. The van der Waals surface area contributed by atoms with Crippen LogP contribution in [0, 0.1) is 12.0 Å². The fraction of sp³-hybridized carbons (Fsp3) is 0.400. The lowest BCUT2D eigenvalue weighted by Gasteiger charge is -2.22. The van der Waals surface area contributed by atoms with Crippen LogP contribution in [0.4, 0.5) is 13.2 Å². The molecular weight excluding hydrogens is 347 g/mol. The van der Waals surface area contributed by atoms with E-state index in [0.717, 1.165) is 37.9 Å². The fourth-order valence-corrected chi connectivity index (χ4v) is 3.51. The van der Waals surface area contributed by atoms with Crippen molar-refractivity contribution in [3.05, 3.63) is 70.2 Å². The van der Waals surface area contributed by atoms with Crippen molar-refractivity contribution in [2.24, 2.45) is 5.92 Å². The molecule has 1 radical (unpaired) electrons. The minimum Gasteiger partial charge on any atom is -0.316 e. The first-order valence-electron chi connectivity index (χ1n) is 8.47. The van der Waals surface area contributed by atoms with Crippen molar-refractivity contribution >= 4 is 11.6 Å². The Morgan fingerprint density at radius 3 is 2.60 bits per heavy atom. The van der Waals surface area contributed by atoms with Gasteiger partial charge in [-0.2, -0.15) is 13.2 Å². The number of rotatable bonds is 5. The van der Waals surface area contributed by atoms with Gasteiger partial charge >= 0.3 is 6.18 Å². The van der Waals surface area contributed by atoms with Crippen molar-refractivity contribution < 1.29 is 13.2 Å². The highest BCUT2D eigenvalue weighted by Gasteiger charge is 2.42. The van der Waals surface area contributed by atoms with Crippen molar-refractivity contribution in [1.29, 1.82) is 0 Å². The Hall–Kier alpha value is -1.52. The molecular formula is C20H20ClF3N. The van der Waals surface area contributed by atoms with E-state index in [9.17, 15) is 13.2 Å². The van der Waals surface area contributed by atoms with Crippen molar-refractivity contribution in [1.82, 2.24) is 5.32 Å². The summed E-state index contributed by atoms with van der Waals surface area (Å²) in [4.78, 5) is 0. The molecule has 3 rings (SSSR count). The third-order valence-electron chi connectivity index (χ3n) is 4.73. The molecule has 1 saturated heterocycles. The zero-order valence-corrected chi connectivity index (χ0v) is 14.5. The Balaban J connectivity index is 1.83. The van der Waals surface area contributed by atoms with Gasteiger partial charge in [-0.15, -0.1) is 0 Å². The summed E-state index contributed by atoms with van der Waals surface area (Å²) in [6.45, 7) is 2.03. The molecule has 0 saturated carbocycles. The lowest BCUT2D eigenvalue weighted by molar-refractivity contribution is -0.141. The van der Waals surface area contributed by atoms with Crippen LogP contribution in [0.2, 0.25) is 5.02 Å². The van der Waals surface area contributed by atoms with E-state index in [1.165, 1.54) is 24.3 Å². The summed E-state index contributed by atoms with van der Waals surface area (Å²) in [5, 5.41) is 3.74. The number of nitrogens with one attached hydrogen (secondary N) is 1. The summed E-state index contributed by atoms with van der Waals surface area (Å²) in [7, 11) is 0. The highest BCUT2D eigenvalue weighted by molar-refractivity contribution is 6.30. The van der Waals surface area contributed by atoms with Gasteiger partial charge in [0, 0.05) is 5.02 Å². The van der Waals surface area contributed by atoms with E-state index in [1.807, 2.05) is 6.07 Å². The topological polar surface area (TPSA) is 12.0 Å². The van der Waals surface area contributed by atoms with E-state index in [1.54, 1.807) is 12.1 Å². The number of halogens is 4. The minimum atomic E-state index is -4.38. The molecule has 133 valence electrons. The largest absolute Gasteiger partial charge is 0.399 e. The second-order valence-corrected chi connectivity index (χ2v) is 7.01. The molecule has 2 aromatic carbocycles. The summed E-state index contributed by atoms with van der Waals surface area (Å²) < 4.78 is 41.1. The lowest BCUT2D eigenvalue weighted by Crippen LogP contribution is -2.22. The van der Waals surface area contributed by atoms with Crippen LogP contribution in [0.1, 0.15) is 35.4 Å². The van der Waals surface area contributed by atoms with Gasteiger partial charge in [-0.3, -0.25) is 0 Å². The molecule has 1 heterocycles. The Morgan fingerprint density at radius 1 is 1.20 bits per heavy atom. The van der Waals surface area contributed by atoms with Crippen molar-refractivity contribution in [2.75, 3.05) is 13.1 Å². The van der Waals surface area contributed by atoms with Crippen LogP contribution in [-0.4, -0.2) is 19.3 Å². The van der Waals surface area contributed by atoms with Crippen molar-refractivity contribution in [3.8, 4) is 0 Å². The van der Waals surface area contributed by atoms with Gasteiger partial charge in [0.05, 0.1) is 0 Å². The third-order valence-corrected chi connectivity index (χ3v) is 4.99. The first kappa shape index (κ1) is 18.3. The number of benzene rings is 2. The highest BCUT2D eigenvalue weighted by atomic mass is 35.5. The van der Waals surface area contributed by atoms with Crippen molar-refractivity contribution in [3.63, 3.8) is 0 Å². The Kier molecular flexibility index (Phi) is 5.70. The molecule has 2 atom stereocenters. The predicted octanol–water partition coefficient (Wildman–Crippen LogP) is 5.38. The normalized spacial score (nSPS) is 19.1. The molecule has 1 nitrogen and oxygen atoms in total. The quantitative estimate of drug-likeness (QED) is 0.749. The van der Waals surface area contributed by atoms with Crippen LogP contribution in [-0.2, 0) is 6.42 Å². The Bertz CT molecular complexity index is 691. The molecule has 1 N–H and O–H groups in total. The van der Waals surface area contributed by atoms with Gasteiger partial charge in [0.1, 0.15) is 5.92 Å². The fourth-order valence-electron chi connectivity index (χ4n) is 3.39. The number of alkyl halides is 3. The van der Waals surface area contributed by atoms with Crippen LogP contribution in [0.15, 0.2) is 42.5 Å². The Morgan fingerprint density at radius 2 is 1.96 bits per heavy atom. The summed E-state index contributed by atoms with van der Waals surface area (Å²) >= 11 is 5.81. The van der Waals surface area contributed by atoms with Crippen LogP contribution in [0.25, 0.3) is 0 Å². The molecule has 0 bridgehead atoms. The van der Waals surface area contributed by atoms with Crippen LogP contribution in [0.3, 0.4) is 0 Å². The van der Waals surface area contributed by atoms with Crippen molar-refractivity contribution in [2.45, 2.75) is 31.4 Å². The second kappa shape index (κ2) is 7.79. The highest BCUT2D eigenvalue weighted by Crippen LogP contribution is 2.40. The van der Waals surface area contributed by atoms with Gasteiger partial charge in [-0.1, -0.05) is 41.9 Å². The van der Waals surface area contributed by atoms with Gasteiger partial charge in [0.25, 0.3) is 0 Å². The molecule has 5 heteroatoms. The number of hydrogen-bond acceptors (Lipinski definition) is 1. The van der Waals surface area contributed by atoms with Gasteiger partial charge < -0.3 is 5.32 Å². The molecule has 2 unspecified atom stereocenters. The van der Waals surface area contributed by atoms with Gasteiger partial charge in [0.15, 0.2) is 0 Å². The van der Waals surface area contributed by atoms with E-state index in [2.05, 4.69) is 11.4 Å². The van der Waals surface area contributed by atoms with E-state index >= 15 is 0 Å². The molecule has 0 spiro atoms. The van der Waals surface area contributed by atoms with E-state index in [4.69, 9.17) is 11.6 Å². The SMILES string of the molecule is FC(F)(F)C(c1[c]ccc(CCC2CCNC2)c1)c1ccc(Cl)cc1. The third kappa shape index (κ3) is 4.77. The zero-order valence-electron chi connectivity index (χ0n) is 13.7. The van der Waals surface area contributed by atoms with Gasteiger partial charge in [-0.05, 0) is 73.2 Å². The maximum atomic E-state index is 13.7. The second-order valence-electron chi connectivity index (χ2n) is 6.58. The lowest BCUT2D eigenvalue weighted by atomic mass is 9.88. The summed E-state index contributed by atoms with van der Waals surface area (Å²) in [6, 6.07) is 13.8. The van der Waals surface area contributed by atoms with Crippen LogP contribution in [0.5, 0.6) is 0 Å². The van der Waals surface area contributed by atoms with Crippen LogP contribution >= 0.6 is 11.6 Å². The zero-order chi connectivity index (χ0) is 17.9. The number of aryl methyl sites for hydroxylation is 1. The first-order valence-corrected chi connectivity index (χ1v) is 8.84. The monoisotopic (exact) mass is 366 g/mol. The molecule has 0 aliphatic carbocycles. The summed E-state index contributed by atoms with van der Waals surface area (Å²) in [5.74, 6) is -1.07. The predicted molar refractivity (Wildman–Crippen MR) is 93.9 cm³/mol. The summed E-state index contributed by atoms with van der Waals surface area (Å²) in [6.07, 6.45) is -1.45. The molecule has 1 fully saturated rings. The van der Waals surface area contributed by atoms with E-state index in [0.29, 0.717) is 10.9 Å².